The Morgan fingerprint density at radius 3 is 2.50 bits per heavy atom. The average Bonchev–Trinajstić information content (AvgIpc) is 2.89. The van der Waals surface area contributed by atoms with Gasteiger partial charge in [0.2, 0.25) is 5.88 Å². The van der Waals surface area contributed by atoms with Crippen molar-refractivity contribution in [3.8, 4) is 29.1 Å². The Kier molecular flexibility index (Phi) is 8.55. The fraction of sp³-hybridized carbons (Fsp3) is 0.290. The number of esters is 1. The number of fused-ring (bicyclic) bond motifs is 1. The maximum atomic E-state index is 12.5. The number of carbonyl (C=O) groups is 1. The van der Waals surface area contributed by atoms with Gasteiger partial charge in [-0.2, -0.15) is 5.26 Å². The summed E-state index contributed by atoms with van der Waals surface area (Å²) in [5, 5.41) is 9.87. The van der Waals surface area contributed by atoms with E-state index in [0.717, 1.165) is 47.3 Å². The third-order valence-electron chi connectivity index (χ3n) is 6.18. The largest absolute Gasteiger partial charge is 0.494 e. The molecule has 1 atom stereocenters. The molecule has 0 amide bonds. The molecule has 1 heterocycles. The van der Waals surface area contributed by atoms with E-state index in [1.54, 1.807) is 18.2 Å². The minimum Gasteiger partial charge on any atom is -0.494 e. The van der Waals surface area contributed by atoms with Crippen LogP contribution in [0.1, 0.15) is 54.4 Å². The van der Waals surface area contributed by atoms with Crippen molar-refractivity contribution < 1.29 is 23.7 Å². The van der Waals surface area contributed by atoms with Crippen LogP contribution >= 0.6 is 0 Å². The first-order valence-corrected chi connectivity index (χ1v) is 12.7. The molecule has 1 aliphatic rings. The molecule has 38 heavy (non-hydrogen) atoms. The maximum Gasteiger partial charge on any atom is 0.349 e. The zero-order chi connectivity index (χ0) is 27.1. The molecule has 0 fully saturated rings. The summed E-state index contributed by atoms with van der Waals surface area (Å²) in [4.78, 5) is 12.5. The minimum atomic E-state index is -0.550. The molecule has 7 heteroatoms. The summed E-state index contributed by atoms with van der Waals surface area (Å²) >= 11 is 0. The van der Waals surface area contributed by atoms with E-state index in [1.807, 2.05) is 56.3 Å². The number of carbonyl (C=O) groups excluding carboxylic acids is 1. The summed E-state index contributed by atoms with van der Waals surface area (Å²) in [6.45, 7) is 6.47. The molecular weight excluding hydrogens is 480 g/mol. The lowest BCUT2D eigenvalue weighted by Crippen LogP contribution is -2.21. The predicted octanol–water partition coefficient (Wildman–Crippen LogP) is 6.08. The highest BCUT2D eigenvalue weighted by Gasteiger charge is 2.31. The second kappa shape index (κ2) is 12.2. The van der Waals surface area contributed by atoms with Gasteiger partial charge in [0.15, 0.2) is 6.61 Å². The topological polar surface area (TPSA) is 104 Å². The molecular formula is C31H32N2O5. The van der Waals surface area contributed by atoms with Crippen LogP contribution in [0, 0.1) is 25.2 Å². The van der Waals surface area contributed by atoms with Gasteiger partial charge in [0.1, 0.15) is 34.6 Å². The number of hydrogen-bond acceptors (Lipinski definition) is 7. The highest BCUT2D eigenvalue weighted by atomic mass is 16.6. The Morgan fingerprint density at radius 2 is 1.76 bits per heavy atom. The normalized spacial score (nSPS) is 14.2. The molecule has 0 saturated carbocycles. The number of allylic oxidation sites excluding steroid dienone is 1. The Bertz CT molecular complexity index is 1370. The Balaban J connectivity index is 1.51. The van der Waals surface area contributed by atoms with Crippen LogP contribution in [0.15, 0.2) is 72.1 Å². The standard InChI is InChI=1S/C31H32N2O5/c1-4-5-6-12-35-23-9-7-8-22(16-23)30-26-11-10-24(17-28(26)38-31(33)27(30)18-32)37-29(34)19-36-25-14-20(2)13-21(3)15-25/h7-11,13-17,30H,4-6,12,19,33H2,1-3H3. The number of nitrogens with two attached hydrogens (primary N) is 1. The van der Waals surface area contributed by atoms with E-state index in [4.69, 9.17) is 24.7 Å². The molecule has 0 aromatic heterocycles. The highest BCUT2D eigenvalue weighted by molar-refractivity contribution is 5.74. The zero-order valence-corrected chi connectivity index (χ0v) is 22.0. The van der Waals surface area contributed by atoms with Crippen molar-refractivity contribution in [3.05, 3.63) is 94.4 Å². The lowest BCUT2D eigenvalue weighted by molar-refractivity contribution is -0.136. The number of hydrogen-bond donors (Lipinski definition) is 1. The van der Waals surface area contributed by atoms with Gasteiger partial charge < -0.3 is 24.7 Å². The molecule has 0 radical (unpaired) electrons. The van der Waals surface area contributed by atoms with Crippen LogP contribution < -0.4 is 24.7 Å². The van der Waals surface area contributed by atoms with Gasteiger partial charge in [-0.05, 0) is 67.3 Å². The number of nitriles is 1. The van der Waals surface area contributed by atoms with E-state index < -0.39 is 11.9 Å². The van der Waals surface area contributed by atoms with E-state index in [9.17, 15) is 10.1 Å². The predicted molar refractivity (Wildman–Crippen MR) is 144 cm³/mol. The summed E-state index contributed by atoms with van der Waals surface area (Å²) in [5.41, 5.74) is 10.1. The SMILES string of the molecule is CCCCCOc1cccc(C2C(C#N)=C(N)Oc3cc(OC(=O)COc4cc(C)cc(C)c4)ccc32)c1. The van der Waals surface area contributed by atoms with E-state index in [2.05, 4.69) is 13.0 Å². The summed E-state index contributed by atoms with van der Waals surface area (Å²) in [5.74, 6) is 1.07. The van der Waals surface area contributed by atoms with Crippen molar-refractivity contribution in [1.82, 2.24) is 0 Å². The second-order valence-electron chi connectivity index (χ2n) is 9.34. The van der Waals surface area contributed by atoms with Crippen LogP contribution in [0.5, 0.6) is 23.0 Å². The molecule has 0 spiro atoms. The minimum absolute atomic E-state index is 0.0147. The molecule has 1 unspecified atom stereocenters. The number of ether oxygens (including phenoxy) is 4. The number of unbranched alkanes of at least 4 members (excludes halogenated alkanes) is 2. The first-order chi connectivity index (χ1) is 18.4. The van der Waals surface area contributed by atoms with Crippen molar-refractivity contribution in [2.75, 3.05) is 13.2 Å². The molecule has 3 aromatic carbocycles. The van der Waals surface area contributed by atoms with Crippen LogP contribution in [0.25, 0.3) is 0 Å². The van der Waals surface area contributed by atoms with E-state index in [1.165, 1.54) is 0 Å². The first-order valence-electron chi connectivity index (χ1n) is 12.7. The van der Waals surface area contributed by atoms with Crippen LogP contribution in [0.2, 0.25) is 0 Å². The van der Waals surface area contributed by atoms with Crippen molar-refractivity contribution in [2.24, 2.45) is 5.73 Å². The number of benzene rings is 3. The Hall–Kier alpha value is -4.44. The number of nitrogens with zero attached hydrogens (tertiary/aromatic N) is 1. The molecule has 2 N–H and O–H groups in total. The third-order valence-corrected chi connectivity index (χ3v) is 6.18. The molecule has 1 aliphatic heterocycles. The third kappa shape index (κ3) is 6.46. The monoisotopic (exact) mass is 512 g/mol. The molecule has 4 rings (SSSR count). The lowest BCUT2D eigenvalue weighted by atomic mass is 9.83. The van der Waals surface area contributed by atoms with Gasteiger partial charge in [0.05, 0.1) is 12.5 Å². The van der Waals surface area contributed by atoms with Crippen LogP contribution in [-0.2, 0) is 4.79 Å². The van der Waals surface area contributed by atoms with Crippen LogP contribution in [-0.4, -0.2) is 19.2 Å². The quantitative estimate of drug-likeness (QED) is 0.200. The van der Waals surface area contributed by atoms with Gasteiger partial charge in [0.25, 0.3) is 0 Å². The Labute approximate surface area is 223 Å². The molecule has 0 saturated heterocycles. The fourth-order valence-corrected chi connectivity index (χ4v) is 4.49. The smallest absolute Gasteiger partial charge is 0.349 e. The van der Waals surface area contributed by atoms with Gasteiger partial charge in [-0.3, -0.25) is 0 Å². The second-order valence-corrected chi connectivity index (χ2v) is 9.34. The molecule has 3 aromatic rings. The van der Waals surface area contributed by atoms with E-state index in [0.29, 0.717) is 23.7 Å². The van der Waals surface area contributed by atoms with Gasteiger partial charge in [0, 0.05) is 11.6 Å². The lowest BCUT2D eigenvalue weighted by Gasteiger charge is -2.27. The van der Waals surface area contributed by atoms with Crippen LogP contribution in [0.3, 0.4) is 0 Å². The van der Waals surface area contributed by atoms with Gasteiger partial charge in [-0.25, -0.2) is 4.79 Å². The first kappa shape index (κ1) is 26.6. The molecule has 196 valence electrons. The van der Waals surface area contributed by atoms with Crippen molar-refractivity contribution >= 4 is 5.97 Å². The van der Waals surface area contributed by atoms with Crippen molar-refractivity contribution in [3.63, 3.8) is 0 Å². The number of aryl methyl sites for hydroxylation is 2. The van der Waals surface area contributed by atoms with E-state index >= 15 is 0 Å². The van der Waals surface area contributed by atoms with Crippen LogP contribution in [0.4, 0.5) is 0 Å². The highest BCUT2D eigenvalue weighted by Crippen LogP contribution is 2.44. The fourth-order valence-electron chi connectivity index (χ4n) is 4.49. The maximum absolute atomic E-state index is 12.5. The summed E-state index contributed by atoms with van der Waals surface area (Å²) in [7, 11) is 0. The van der Waals surface area contributed by atoms with E-state index in [-0.39, 0.29) is 18.2 Å². The summed E-state index contributed by atoms with van der Waals surface area (Å²) in [6.07, 6.45) is 3.21. The van der Waals surface area contributed by atoms with Crippen molar-refractivity contribution in [2.45, 2.75) is 46.0 Å². The number of rotatable bonds is 10. The molecule has 7 nitrogen and oxygen atoms in total. The van der Waals surface area contributed by atoms with Gasteiger partial charge in [-0.1, -0.05) is 44.0 Å². The Morgan fingerprint density at radius 1 is 0.974 bits per heavy atom. The van der Waals surface area contributed by atoms with Gasteiger partial charge in [-0.15, -0.1) is 0 Å². The summed E-state index contributed by atoms with van der Waals surface area (Å²) in [6, 6.07) is 20.7. The van der Waals surface area contributed by atoms with Gasteiger partial charge >= 0.3 is 5.97 Å². The zero-order valence-electron chi connectivity index (χ0n) is 22.0. The molecule has 0 bridgehead atoms. The summed E-state index contributed by atoms with van der Waals surface area (Å²) < 4.78 is 22.8. The van der Waals surface area contributed by atoms with Crippen molar-refractivity contribution in [1.29, 1.82) is 5.26 Å². The average molecular weight is 513 g/mol. The molecule has 0 aliphatic carbocycles.